The maximum absolute atomic E-state index is 11.7. The maximum Gasteiger partial charge on any atom is 0.272 e. The van der Waals surface area contributed by atoms with E-state index in [4.69, 9.17) is 9.47 Å². The van der Waals surface area contributed by atoms with Crippen LogP contribution in [0.25, 0.3) is 0 Å². The Morgan fingerprint density at radius 3 is 2.65 bits per heavy atom. The number of hydrogen-bond donors (Lipinski definition) is 0. The Kier molecular flexibility index (Phi) is 3.17. The van der Waals surface area contributed by atoms with E-state index in [-0.39, 0.29) is 12.0 Å². The summed E-state index contributed by atoms with van der Waals surface area (Å²) in [5.74, 6) is 1.00. The van der Waals surface area contributed by atoms with Crippen LogP contribution in [-0.2, 0) is 0 Å². The van der Waals surface area contributed by atoms with Crippen LogP contribution in [0.2, 0.25) is 0 Å². The largest absolute Gasteiger partial charge is 0.493 e. The van der Waals surface area contributed by atoms with Crippen molar-refractivity contribution in [2.24, 2.45) is 0 Å². The van der Waals surface area contributed by atoms with E-state index in [2.05, 4.69) is 4.98 Å². The van der Waals surface area contributed by atoms with Gasteiger partial charge in [-0.25, -0.2) is 4.98 Å². The van der Waals surface area contributed by atoms with Crippen molar-refractivity contribution in [3.05, 3.63) is 18.0 Å². The molecule has 0 aromatic carbocycles. The molecule has 1 aliphatic carbocycles. The molecule has 0 spiro atoms. The van der Waals surface area contributed by atoms with Gasteiger partial charge in [0.2, 0.25) is 0 Å². The van der Waals surface area contributed by atoms with E-state index < -0.39 is 0 Å². The maximum atomic E-state index is 11.7. The topological polar surface area (TPSA) is 51.7 Å². The summed E-state index contributed by atoms with van der Waals surface area (Å²) in [4.78, 5) is 17.3. The summed E-state index contributed by atoms with van der Waals surface area (Å²) in [5.41, 5.74) is 0.356. The predicted molar refractivity (Wildman–Crippen MR) is 62.5 cm³/mol. The Morgan fingerprint density at radius 2 is 2.12 bits per heavy atom. The van der Waals surface area contributed by atoms with Crippen molar-refractivity contribution in [1.82, 2.24) is 9.88 Å². The first-order chi connectivity index (χ1) is 8.11. The molecule has 17 heavy (non-hydrogen) atoms. The Morgan fingerprint density at radius 1 is 1.41 bits per heavy atom. The van der Waals surface area contributed by atoms with Gasteiger partial charge in [-0.15, -0.1) is 0 Å². The summed E-state index contributed by atoms with van der Waals surface area (Å²) in [6.45, 7) is 0. The van der Waals surface area contributed by atoms with Crippen molar-refractivity contribution in [2.45, 2.75) is 18.9 Å². The smallest absolute Gasteiger partial charge is 0.272 e. The van der Waals surface area contributed by atoms with Gasteiger partial charge < -0.3 is 14.4 Å². The molecule has 0 bridgehead atoms. The third-order valence-electron chi connectivity index (χ3n) is 2.49. The van der Waals surface area contributed by atoms with Crippen LogP contribution in [0.4, 0.5) is 0 Å². The third-order valence-corrected chi connectivity index (χ3v) is 2.49. The zero-order valence-electron chi connectivity index (χ0n) is 10.3. The van der Waals surface area contributed by atoms with Crippen LogP contribution in [0, 0.1) is 0 Å². The van der Waals surface area contributed by atoms with Gasteiger partial charge in [0.25, 0.3) is 5.91 Å². The molecule has 5 heteroatoms. The van der Waals surface area contributed by atoms with Gasteiger partial charge in [0.1, 0.15) is 5.69 Å². The number of nitrogens with zero attached hydrogens (tertiary/aromatic N) is 2. The first kappa shape index (κ1) is 11.7. The third kappa shape index (κ3) is 2.67. The molecule has 5 nitrogen and oxygen atoms in total. The molecule has 1 fully saturated rings. The molecule has 0 atom stereocenters. The van der Waals surface area contributed by atoms with Crippen molar-refractivity contribution in [2.75, 3.05) is 21.2 Å². The minimum absolute atomic E-state index is 0.152. The van der Waals surface area contributed by atoms with Crippen LogP contribution >= 0.6 is 0 Å². The Hall–Kier alpha value is -1.78. The monoisotopic (exact) mass is 236 g/mol. The van der Waals surface area contributed by atoms with Crippen LogP contribution in [0.1, 0.15) is 23.3 Å². The van der Waals surface area contributed by atoms with Crippen molar-refractivity contribution in [1.29, 1.82) is 0 Å². The molecule has 1 aliphatic rings. The molecule has 1 aromatic rings. The zero-order chi connectivity index (χ0) is 12.4. The highest BCUT2D eigenvalue weighted by molar-refractivity contribution is 5.92. The second kappa shape index (κ2) is 4.61. The number of carbonyl (C=O) groups is 1. The van der Waals surface area contributed by atoms with E-state index in [1.165, 1.54) is 4.90 Å². The highest BCUT2D eigenvalue weighted by atomic mass is 16.5. The van der Waals surface area contributed by atoms with Gasteiger partial charge in [-0.3, -0.25) is 4.79 Å². The SMILES string of the molecule is COc1cc(C(=O)N(C)C)ncc1OC1CC1. The Balaban J connectivity index is 2.23. The normalized spacial score (nSPS) is 14.3. The lowest BCUT2D eigenvalue weighted by molar-refractivity contribution is 0.0821. The van der Waals surface area contributed by atoms with Gasteiger partial charge in [-0.2, -0.15) is 0 Å². The van der Waals surface area contributed by atoms with Crippen LogP contribution in [0.3, 0.4) is 0 Å². The van der Waals surface area contributed by atoms with Crippen molar-refractivity contribution in [3.63, 3.8) is 0 Å². The Bertz CT molecular complexity index is 428. The van der Waals surface area contributed by atoms with E-state index >= 15 is 0 Å². The Labute approximate surface area is 100 Å². The van der Waals surface area contributed by atoms with Gasteiger partial charge in [-0.1, -0.05) is 0 Å². The van der Waals surface area contributed by atoms with E-state index in [1.807, 2.05) is 0 Å². The number of carbonyl (C=O) groups excluding carboxylic acids is 1. The second-order valence-electron chi connectivity index (χ2n) is 4.24. The molecular weight excluding hydrogens is 220 g/mol. The lowest BCUT2D eigenvalue weighted by Crippen LogP contribution is -2.22. The van der Waals surface area contributed by atoms with Crippen molar-refractivity contribution >= 4 is 5.91 Å². The molecule has 0 saturated heterocycles. The summed E-state index contributed by atoms with van der Waals surface area (Å²) in [7, 11) is 4.93. The van der Waals surface area contributed by atoms with Gasteiger partial charge in [0, 0.05) is 20.2 Å². The number of ether oxygens (including phenoxy) is 2. The molecule has 1 heterocycles. The summed E-state index contributed by atoms with van der Waals surface area (Å²) in [6.07, 6.45) is 3.97. The number of methoxy groups -OCH3 is 1. The van der Waals surface area contributed by atoms with E-state index in [1.54, 1.807) is 33.5 Å². The van der Waals surface area contributed by atoms with Crippen LogP contribution < -0.4 is 9.47 Å². The first-order valence-electron chi connectivity index (χ1n) is 5.54. The zero-order valence-corrected chi connectivity index (χ0v) is 10.3. The molecule has 0 aliphatic heterocycles. The lowest BCUT2D eigenvalue weighted by Gasteiger charge is -2.13. The van der Waals surface area contributed by atoms with E-state index in [9.17, 15) is 4.79 Å². The second-order valence-corrected chi connectivity index (χ2v) is 4.24. The fourth-order valence-corrected chi connectivity index (χ4v) is 1.38. The highest BCUT2D eigenvalue weighted by Crippen LogP contribution is 2.33. The van der Waals surface area contributed by atoms with Crippen molar-refractivity contribution in [3.8, 4) is 11.5 Å². The summed E-state index contributed by atoms with van der Waals surface area (Å²) < 4.78 is 10.8. The minimum atomic E-state index is -0.152. The minimum Gasteiger partial charge on any atom is -0.493 e. The van der Waals surface area contributed by atoms with E-state index in [0.717, 1.165) is 12.8 Å². The summed E-state index contributed by atoms with van der Waals surface area (Å²) >= 11 is 0. The number of hydrogen-bond acceptors (Lipinski definition) is 4. The predicted octanol–water partition coefficient (Wildman–Crippen LogP) is 1.33. The molecule has 1 saturated carbocycles. The highest BCUT2D eigenvalue weighted by Gasteiger charge is 2.25. The van der Waals surface area contributed by atoms with Gasteiger partial charge in [-0.05, 0) is 12.8 Å². The number of pyridine rings is 1. The first-order valence-corrected chi connectivity index (χ1v) is 5.54. The quantitative estimate of drug-likeness (QED) is 0.791. The summed E-state index contributed by atoms with van der Waals surface area (Å²) in [6, 6.07) is 1.61. The average Bonchev–Trinajstić information content (AvgIpc) is 3.12. The standard InChI is InChI=1S/C12H16N2O3/c1-14(2)12(15)9-6-10(16-3)11(7-13-9)17-8-4-5-8/h6-8H,4-5H2,1-3H3. The van der Waals surface area contributed by atoms with Crippen LogP contribution in [0.5, 0.6) is 11.5 Å². The lowest BCUT2D eigenvalue weighted by atomic mass is 10.3. The number of rotatable bonds is 4. The van der Waals surface area contributed by atoms with Crippen molar-refractivity contribution < 1.29 is 14.3 Å². The molecule has 92 valence electrons. The fourth-order valence-electron chi connectivity index (χ4n) is 1.38. The van der Waals surface area contributed by atoms with Gasteiger partial charge in [0.05, 0.1) is 19.4 Å². The number of amides is 1. The molecule has 0 radical (unpaired) electrons. The number of aromatic nitrogens is 1. The molecular formula is C12H16N2O3. The molecule has 1 amide bonds. The van der Waals surface area contributed by atoms with Gasteiger partial charge >= 0.3 is 0 Å². The van der Waals surface area contributed by atoms with Crippen LogP contribution in [-0.4, -0.2) is 43.1 Å². The van der Waals surface area contributed by atoms with Gasteiger partial charge in [0.15, 0.2) is 11.5 Å². The average molecular weight is 236 g/mol. The summed E-state index contributed by atoms with van der Waals surface area (Å²) in [5, 5.41) is 0. The molecule has 0 N–H and O–H groups in total. The fraction of sp³-hybridized carbons (Fsp3) is 0.500. The molecule has 0 unspecified atom stereocenters. The van der Waals surface area contributed by atoms with E-state index in [0.29, 0.717) is 17.2 Å². The molecule has 1 aromatic heterocycles. The molecule has 2 rings (SSSR count). The van der Waals surface area contributed by atoms with Crippen LogP contribution in [0.15, 0.2) is 12.3 Å².